The van der Waals surface area contributed by atoms with Crippen LogP contribution in [0.4, 0.5) is 4.79 Å². The van der Waals surface area contributed by atoms with E-state index in [9.17, 15) is 20.0 Å². The summed E-state index contributed by atoms with van der Waals surface area (Å²) in [5, 5.41) is 27.6. The Labute approximate surface area is 233 Å². The lowest BCUT2D eigenvalue weighted by molar-refractivity contribution is -0.250. The average Bonchev–Trinajstić information content (AvgIpc) is 2.78. The van der Waals surface area contributed by atoms with Crippen LogP contribution >= 0.6 is 0 Å². The second kappa shape index (κ2) is 13.8. The molecule has 0 saturated carbocycles. The minimum Gasteiger partial charge on any atom is -0.466 e. The number of hydroxylamine groups is 4. The van der Waals surface area contributed by atoms with Crippen LogP contribution in [0.3, 0.4) is 0 Å². The first kappa shape index (κ1) is 32.8. The number of nitrogens with zero attached hydrogens (tertiary/aromatic N) is 3. The van der Waals surface area contributed by atoms with Crippen LogP contribution in [-0.4, -0.2) is 84.8 Å². The molecule has 0 aromatic carbocycles. The minimum absolute atomic E-state index is 0.0255. The smallest absolute Gasteiger partial charge is 0.317 e. The molecule has 0 unspecified atom stereocenters. The number of urea groups is 1. The molecule has 3 N–H and O–H groups in total. The normalized spacial score (nSPS) is 23.5. The number of carbonyl (C=O) groups is 2. The maximum Gasteiger partial charge on any atom is 0.317 e. The second-order valence-corrected chi connectivity index (χ2v) is 13.3. The van der Waals surface area contributed by atoms with Gasteiger partial charge in [-0.1, -0.05) is 20.2 Å². The Bertz CT molecular complexity index is 754. The Kier molecular flexibility index (Phi) is 11.9. The van der Waals surface area contributed by atoms with Crippen molar-refractivity contribution in [3.05, 3.63) is 0 Å². The van der Waals surface area contributed by atoms with Crippen LogP contribution in [-0.2, 0) is 9.53 Å². The molecular formula is C29H58N4O5. The van der Waals surface area contributed by atoms with E-state index in [2.05, 4.69) is 5.32 Å². The van der Waals surface area contributed by atoms with Crippen molar-refractivity contribution in [2.24, 2.45) is 0 Å². The number of amides is 2. The Hall–Kier alpha value is -1.42. The summed E-state index contributed by atoms with van der Waals surface area (Å²) in [6.45, 7) is 21.1. The first-order chi connectivity index (χ1) is 17.8. The van der Waals surface area contributed by atoms with Crippen molar-refractivity contribution in [3.8, 4) is 0 Å². The third kappa shape index (κ3) is 9.07. The molecule has 38 heavy (non-hydrogen) atoms. The van der Waals surface area contributed by atoms with E-state index in [4.69, 9.17) is 6.11 Å². The van der Waals surface area contributed by atoms with E-state index in [0.717, 1.165) is 19.3 Å². The molecular weight excluding hydrogens is 484 g/mol. The number of esters is 1. The van der Waals surface area contributed by atoms with Gasteiger partial charge in [-0.2, -0.15) is 10.1 Å². The molecule has 2 fully saturated rings. The molecule has 2 amide bonds. The van der Waals surface area contributed by atoms with Crippen molar-refractivity contribution >= 4 is 12.0 Å². The van der Waals surface area contributed by atoms with Crippen LogP contribution in [0.5, 0.6) is 0 Å². The summed E-state index contributed by atoms with van der Waals surface area (Å²) >= 11 is 0. The van der Waals surface area contributed by atoms with Crippen LogP contribution in [0.1, 0.15) is 129 Å². The summed E-state index contributed by atoms with van der Waals surface area (Å²) in [4.78, 5) is 27.4. The Morgan fingerprint density at radius 2 is 1.34 bits per heavy atom. The molecule has 2 aliphatic heterocycles. The zero-order valence-electron chi connectivity index (χ0n) is 26.9. The number of piperidine rings is 2. The van der Waals surface area contributed by atoms with E-state index >= 15 is 0 Å². The fourth-order valence-electron chi connectivity index (χ4n) is 6.48. The van der Waals surface area contributed by atoms with Crippen molar-refractivity contribution in [1.82, 2.24) is 20.3 Å². The van der Waals surface area contributed by atoms with E-state index < -0.39 is 22.2 Å². The predicted molar refractivity (Wildman–Crippen MR) is 151 cm³/mol. The van der Waals surface area contributed by atoms with Crippen molar-refractivity contribution in [1.29, 1.82) is 0 Å². The molecule has 0 spiro atoms. The van der Waals surface area contributed by atoms with Gasteiger partial charge in [0.15, 0.2) is 0 Å². The fraction of sp³-hybridized carbons (Fsp3) is 0.931. The van der Waals surface area contributed by atoms with Gasteiger partial charge >= 0.3 is 12.0 Å². The van der Waals surface area contributed by atoms with Gasteiger partial charge in [0.25, 0.3) is 0 Å². The maximum absolute atomic E-state index is 13.8. The average molecular weight is 544 g/mol. The summed E-state index contributed by atoms with van der Waals surface area (Å²) in [6.07, 6.45) is 5.38. The van der Waals surface area contributed by atoms with Crippen molar-refractivity contribution < 1.29 is 26.1 Å². The zero-order chi connectivity index (χ0) is 30.2. The van der Waals surface area contributed by atoms with Crippen molar-refractivity contribution in [2.45, 2.75) is 162 Å². The molecule has 0 aromatic rings. The molecule has 0 aliphatic carbocycles. The van der Waals surface area contributed by atoms with E-state index in [1.54, 1.807) is 6.92 Å². The predicted octanol–water partition coefficient (Wildman–Crippen LogP) is 5.97. The number of hydrogen-bond donors (Lipinski definition) is 3. The van der Waals surface area contributed by atoms with Crippen LogP contribution in [0.15, 0.2) is 0 Å². The lowest BCUT2D eigenvalue weighted by Crippen LogP contribution is -2.66. The van der Waals surface area contributed by atoms with Gasteiger partial charge in [0.1, 0.15) is 0 Å². The second-order valence-electron chi connectivity index (χ2n) is 13.3. The number of ether oxygens (including phenoxy) is 1. The number of carbonyl (C=O) groups excluding carboxylic acids is 2. The third-order valence-electron chi connectivity index (χ3n) is 7.87. The highest BCUT2D eigenvalue weighted by atomic mass is 16.5. The van der Waals surface area contributed by atoms with Crippen molar-refractivity contribution in [2.75, 3.05) is 13.2 Å². The molecule has 2 aliphatic rings. The highest BCUT2D eigenvalue weighted by Gasteiger charge is 2.49. The third-order valence-corrected chi connectivity index (χ3v) is 7.87. The van der Waals surface area contributed by atoms with Crippen molar-refractivity contribution in [3.63, 3.8) is 0 Å². The highest BCUT2D eigenvalue weighted by molar-refractivity contribution is 5.75. The lowest BCUT2D eigenvalue weighted by Gasteiger charge is -2.54. The van der Waals surface area contributed by atoms with Crippen LogP contribution in [0.2, 0.25) is 0 Å². The summed E-state index contributed by atoms with van der Waals surface area (Å²) in [6, 6.07) is -0.176. The summed E-state index contributed by atoms with van der Waals surface area (Å²) in [5.74, 6) is -0.175. The number of unbranched alkanes of at least 4 members (excludes halogenated alkanes) is 2. The molecule has 9 heteroatoms. The van der Waals surface area contributed by atoms with Crippen LogP contribution in [0, 0.1) is 0 Å². The van der Waals surface area contributed by atoms with E-state index in [0.29, 0.717) is 52.2 Å². The summed E-state index contributed by atoms with van der Waals surface area (Å²) in [7, 11) is 0. The molecule has 0 atom stereocenters. The number of rotatable bonds is 9. The molecule has 0 aromatic heterocycles. The van der Waals surface area contributed by atoms with Gasteiger partial charge in [0, 0.05) is 48.6 Å². The molecule has 2 saturated heterocycles. The Morgan fingerprint density at radius 3 is 1.79 bits per heavy atom. The topological polar surface area (TPSA) is 106 Å². The molecule has 9 nitrogen and oxygen atoms in total. The van der Waals surface area contributed by atoms with Gasteiger partial charge in [-0.25, -0.2) is 4.79 Å². The van der Waals surface area contributed by atoms with Gasteiger partial charge in [0.05, 0.1) is 6.61 Å². The molecule has 2 rings (SSSR count). The maximum atomic E-state index is 13.8. The lowest BCUT2D eigenvalue weighted by atomic mass is 9.78. The number of nitrogens with one attached hydrogen (secondary N) is 1. The minimum atomic E-state index is -0.471. The van der Waals surface area contributed by atoms with E-state index in [1.165, 1.54) is 10.1 Å². The first-order valence-corrected chi connectivity index (χ1v) is 14.3. The first-order valence-electron chi connectivity index (χ1n) is 15.1. The standard InChI is InChI=1S/C27H52N4O5.C2H6/c1-10-36-22(32)14-12-11-13-15-29(21-18-26(6,7)31(35)27(8,9)19-21)23(33)28-20-16-24(2,3)30(34)25(4,5)17-20;1-2/h20-21,34-35H,10-19H2,1-9H3,(H,28,33);1-2H3/i;1D. The van der Waals surface area contributed by atoms with Gasteiger partial charge in [-0.15, -0.1) is 0 Å². The number of hydrogen-bond acceptors (Lipinski definition) is 7. The highest BCUT2D eigenvalue weighted by Crippen LogP contribution is 2.40. The molecule has 2 heterocycles. The summed E-state index contributed by atoms with van der Waals surface area (Å²) < 4.78 is 11.2. The summed E-state index contributed by atoms with van der Waals surface area (Å²) in [5.41, 5.74) is -1.85. The van der Waals surface area contributed by atoms with Gasteiger partial charge in [0.2, 0.25) is 0 Å². The Balaban J connectivity index is 0.00000242. The van der Waals surface area contributed by atoms with Gasteiger partial charge in [-0.05, 0) is 101 Å². The van der Waals surface area contributed by atoms with Gasteiger partial charge < -0.3 is 25.4 Å². The fourth-order valence-corrected chi connectivity index (χ4v) is 6.48. The molecule has 0 radical (unpaired) electrons. The van der Waals surface area contributed by atoms with Gasteiger partial charge in [-0.3, -0.25) is 4.79 Å². The van der Waals surface area contributed by atoms with Crippen LogP contribution < -0.4 is 5.32 Å². The van der Waals surface area contributed by atoms with Crippen LogP contribution in [0.25, 0.3) is 0 Å². The molecule has 224 valence electrons. The SMILES string of the molecule is CCOC(=O)CCCCCN(C(=O)NC1CC(C)(C)N(O)C(C)(C)C1)C1CC(C)(C)N(O)C(C)(C)C1.[2H]CC. The Morgan fingerprint density at radius 1 is 0.895 bits per heavy atom. The quantitative estimate of drug-likeness (QED) is 0.243. The largest absolute Gasteiger partial charge is 0.466 e. The van der Waals surface area contributed by atoms with E-state index in [-0.39, 0.29) is 24.1 Å². The zero-order valence-corrected chi connectivity index (χ0v) is 25.9. The molecule has 0 bridgehead atoms. The monoisotopic (exact) mass is 543 g/mol. The van der Waals surface area contributed by atoms with E-state index in [1.807, 2.05) is 67.2 Å².